The van der Waals surface area contributed by atoms with Gasteiger partial charge in [0, 0.05) is 0 Å². The van der Waals surface area contributed by atoms with Crippen LogP contribution in [-0.4, -0.2) is 25.2 Å². The van der Waals surface area contributed by atoms with E-state index in [0.29, 0.717) is 11.7 Å². The molecule has 0 radical (unpaired) electrons. The van der Waals surface area contributed by atoms with Crippen molar-refractivity contribution in [3.8, 4) is 5.75 Å². The Balaban J connectivity index is 2.50. The molecular formula is C14H18F3NO2. The van der Waals surface area contributed by atoms with E-state index in [1.807, 2.05) is 13.0 Å². The van der Waals surface area contributed by atoms with Crippen LogP contribution >= 0.6 is 0 Å². The van der Waals surface area contributed by atoms with E-state index in [9.17, 15) is 18.0 Å². The first-order valence-corrected chi connectivity index (χ1v) is 6.26. The van der Waals surface area contributed by atoms with Crippen LogP contribution in [0.4, 0.5) is 13.2 Å². The van der Waals surface area contributed by atoms with Crippen molar-refractivity contribution in [2.75, 3.05) is 13.2 Å². The molecule has 6 heteroatoms. The number of hydrogen-bond acceptors (Lipinski definition) is 2. The van der Waals surface area contributed by atoms with Crippen LogP contribution < -0.4 is 10.1 Å². The summed E-state index contributed by atoms with van der Waals surface area (Å²) in [6.07, 6.45) is -4.41. The first-order valence-electron chi connectivity index (χ1n) is 6.26. The Bertz CT molecular complexity index is 470. The summed E-state index contributed by atoms with van der Waals surface area (Å²) in [5.41, 5.74) is 2.19. The summed E-state index contributed by atoms with van der Waals surface area (Å²) in [5.74, 6) is 0.0427. The summed E-state index contributed by atoms with van der Waals surface area (Å²) in [7, 11) is 0. The molecule has 0 aliphatic heterocycles. The predicted octanol–water partition coefficient (Wildman–Crippen LogP) is 3.18. The molecule has 0 saturated carbocycles. The van der Waals surface area contributed by atoms with E-state index in [2.05, 4.69) is 13.8 Å². The third kappa shape index (κ3) is 5.50. The summed E-state index contributed by atoms with van der Waals surface area (Å²) >= 11 is 0. The predicted molar refractivity (Wildman–Crippen MR) is 69.8 cm³/mol. The number of carbonyl (C=O) groups excluding carboxylic acids is 1. The van der Waals surface area contributed by atoms with Crippen LogP contribution in [0.3, 0.4) is 0 Å². The second-order valence-electron chi connectivity index (χ2n) is 4.85. The maximum absolute atomic E-state index is 11.9. The third-order valence-electron chi connectivity index (χ3n) is 2.72. The van der Waals surface area contributed by atoms with Crippen LogP contribution in [-0.2, 0) is 4.79 Å². The van der Waals surface area contributed by atoms with Gasteiger partial charge >= 0.3 is 6.18 Å². The lowest BCUT2D eigenvalue weighted by Gasteiger charge is -2.13. The van der Waals surface area contributed by atoms with Crippen LogP contribution in [0.25, 0.3) is 0 Å². The van der Waals surface area contributed by atoms with Crippen molar-refractivity contribution in [3.63, 3.8) is 0 Å². The molecule has 0 aromatic heterocycles. The molecule has 0 bridgehead atoms. The van der Waals surface area contributed by atoms with Crippen LogP contribution in [0, 0.1) is 6.92 Å². The van der Waals surface area contributed by atoms with Crippen molar-refractivity contribution in [1.29, 1.82) is 0 Å². The second kappa shape index (κ2) is 6.63. The standard InChI is InChI=1S/C14H18F3NO2/c1-9(2)12-5-4-11(6-10(12)3)20-7-13(19)18-8-14(15,16)17/h4-6,9H,7-8H2,1-3H3,(H,18,19). The molecule has 0 fully saturated rings. The number of nitrogens with one attached hydrogen (secondary N) is 1. The third-order valence-corrected chi connectivity index (χ3v) is 2.72. The Hall–Kier alpha value is -1.72. The van der Waals surface area contributed by atoms with Crippen molar-refractivity contribution < 1.29 is 22.7 Å². The summed E-state index contributed by atoms with van der Waals surface area (Å²) in [5, 5.41) is 1.75. The maximum Gasteiger partial charge on any atom is 0.405 e. The maximum atomic E-state index is 11.9. The number of alkyl halides is 3. The topological polar surface area (TPSA) is 38.3 Å². The van der Waals surface area contributed by atoms with Crippen LogP contribution in [0.15, 0.2) is 18.2 Å². The molecule has 0 unspecified atom stereocenters. The second-order valence-corrected chi connectivity index (χ2v) is 4.85. The highest BCUT2D eigenvalue weighted by Crippen LogP contribution is 2.23. The lowest BCUT2D eigenvalue weighted by atomic mass is 9.98. The van der Waals surface area contributed by atoms with E-state index in [-0.39, 0.29) is 0 Å². The first-order chi connectivity index (χ1) is 9.19. The fourth-order valence-electron chi connectivity index (χ4n) is 1.78. The molecule has 20 heavy (non-hydrogen) atoms. The fourth-order valence-corrected chi connectivity index (χ4v) is 1.78. The van der Waals surface area contributed by atoms with E-state index in [4.69, 9.17) is 4.74 Å². The summed E-state index contributed by atoms with van der Waals surface area (Å²) in [6, 6.07) is 5.37. The molecule has 112 valence electrons. The normalized spacial score (nSPS) is 11.6. The number of ether oxygens (including phenoxy) is 1. The monoisotopic (exact) mass is 289 g/mol. The number of benzene rings is 1. The minimum atomic E-state index is -4.41. The van der Waals surface area contributed by atoms with E-state index in [0.717, 1.165) is 5.56 Å². The quantitative estimate of drug-likeness (QED) is 0.904. The minimum absolute atomic E-state index is 0.374. The highest BCUT2D eigenvalue weighted by atomic mass is 19.4. The van der Waals surface area contributed by atoms with Gasteiger partial charge in [-0.25, -0.2) is 0 Å². The molecule has 1 N–H and O–H groups in total. The molecule has 0 heterocycles. The van der Waals surface area contributed by atoms with Gasteiger partial charge in [-0.15, -0.1) is 0 Å². The number of halogens is 3. The van der Waals surface area contributed by atoms with Crippen molar-refractivity contribution in [1.82, 2.24) is 5.32 Å². The largest absolute Gasteiger partial charge is 0.484 e. The highest BCUT2D eigenvalue weighted by Gasteiger charge is 2.27. The summed E-state index contributed by atoms with van der Waals surface area (Å²) < 4.78 is 40.9. The Kier molecular flexibility index (Phi) is 5.42. The van der Waals surface area contributed by atoms with Gasteiger partial charge in [-0.2, -0.15) is 13.2 Å². The number of rotatable bonds is 5. The van der Waals surface area contributed by atoms with E-state index in [1.54, 1.807) is 17.4 Å². The Morgan fingerprint density at radius 2 is 2.00 bits per heavy atom. The number of amides is 1. The minimum Gasteiger partial charge on any atom is -0.484 e. The van der Waals surface area contributed by atoms with E-state index in [1.165, 1.54) is 5.56 Å². The van der Waals surface area contributed by atoms with Gasteiger partial charge in [0.05, 0.1) is 0 Å². The zero-order valence-corrected chi connectivity index (χ0v) is 11.7. The highest BCUT2D eigenvalue weighted by molar-refractivity contribution is 5.77. The van der Waals surface area contributed by atoms with E-state index < -0.39 is 25.2 Å². The molecule has 1 amide bonds. The van der Waals surface area contributed by atoms with Crippen LogP contribution in [0.1, 0.15) is 30.9 Å². The van der Waals surface area contributed by atoms with E-state index >= 15 is 0 Å². The lowest BCUT2D eigenvalue weighted by molar-refractivity contribution is -0.139. The van der Waals surface area contributed by atoms with Gasteiger partial charge in [-0.3, -0.25) is 4.79 Å². The molecular weight excluding hydrogens is 271 g/mol. The molecule has 1 aromatic carbocycles. The van der Waals surface area contributed by atoms with Gasteiger partial charge in [-0.05, 0) is 36.1 Å². The Labute approximate surface area is 116 Å². The van der Waals surface area contributed by atoms with Crippen LogP contribution in [0.5, 0.6) is 5.75 Å². The number of hydrogen-bond donors (Lipinski definition) is 1. The molecule has 3 nitrogen and oxygen atoms in total. The van der Waals surface area contributed by atoms with Crippen molar-refractivity contribution in [2.45, 2.75) is 32.9 Å². The number of carbonyl (C=O) groups is 1. The van der Waals surface area contributed by atoms with Crippen molar-refractivity contribution >= 4 is 5.91 Å². The molecule has 0 spiro atoms. The number of aryl methyl sites for hydroxylation is 1. The fraction of sp³-hybridized carbons (Fsp3) is 0.500. The van der Waals surface area contributed by atoms with Gasteiger partial charge in [0.15, 0.2) is 6.61 Å². The van der Waals surface area contributed by atoms with Crippen molar-refractivity contribution in [3.05, 3.63) is 29.3 Å². The van der Waals surface area contributed by atoms with Crippen molar-refractivity contribution in [2.24, 2.45) is 0 Å². The Morgan fingerprint density at radius 1 is 1.35 bits per heavy atom. The molecule has 0 atom stereocenters. The Morgan fingerprint density at radius 3 is 2.50 bits per heavy atom. The smallest absolute Gasteiger partial charge is 0.405 e. The zero-order valence-electron chi connectivity index (χ0n) is 11.7. The molecule has 0 saturated heterocycles. The van der Waals surface area contributed by atoms with Gasteiger partial charge in [0.2, 0.25) is 0 Å². The SMILES string of the molecule is Cc1cc(OCC(=O)NCC(F)(F)F)ccc1C(C)C. The average Bonchev–Trinajstić information content (AvgIpc) is 2.32. The van der Waals surface area contributed by atoms with Gasteiger partial charge in [-0.1, -0.05) is 19.9 Å². The molecule has 1 aromatic rings. The van der Waals surface area contributed by atoms with Gasteiger partial charge in [0.25, 0.3) is 5.91 Å². The van der Waals surface area contributed by atoms with Crippen LogP contribution in [0.2, 0.25) is 0 Å². The molecule has 1 rings (SSSR count). The summed E-state index contributed by atoms with van der Waals surface area (Å²) in [4.78, 5) is 11.2. The lowest BCUT2D eigenvalue weighted by Crippen LogP contribution is -2.36. The molecule has 0 aliphatic carbocycles. The molecule has 0 aliphatic rings. The zero-order chi connectivity index (χ0) is 15.3. The first kappa shape index (κ1) is 16.3. The summed E-state index contributed by atoms with van der Waals surface area (Å²) in [6.45, 7) is 4.27. The van der Waals surface area contributed by atoms with Gasteiger partial charge < -0.3 is 10.1 Å². The average molecular weight is 289 g/mol. The van der Waals surface area contributed by atoms with Gasteiger partial charge in [0.1, 0.15) is 12.3 Å².